The molecule has 24 heavy (non-hydrogen) atoms. The molecule has 0 unspecified atom stereocenters. The standard InChI is InChI=1S/C17H26N2O4S/c1-13-6-7-14(10-15(13)24(22,23)19(2)3)16(21)18-11-17(12-20)8-4-5-9-17/h6-7,10,20H,4-5,8-9,11-12H2,1-3H3,(H,18,21). The predicted octanol–water partition coefficient (Wildman–Crippen LogP) is 1.53. The second kappa shape index (κ2) is 7.21. The third kappa shape index (κ3) is 3.79. The lowest BCUT2D eigenvalue weighted by Crippen LogP contribution is -2.38. The number of amides is 1. The molecule has 1 aliphatic carbocycles. The van der Waals surface area contributed by atoms with Gasteiger partial charge in [-0.2, -0.15) is 0 Å². The molecule has 1 aromatic rings. The molecule has 134 valence electrons. The quantitative estimate of drug-likeness (QED) is 0.811. The monoisotopic (exact) mass is 354 g/mol. The van der Waals surface area contributed by atoms with Gasteiger partial charge in [-0.3, -0.25) is 4.79 Å². The van der Waals surface area contributed by atoms with Gasteiger partial charge in [0.25, 0.3) is 5.91 Å². The maximum atomic E-state index is 12.4. The van der Waals surface area contributed by atoms with Crippen molar-refractivity contribution in [3.63, 3.8) is 0 Å². The second-order valence-electron chi connectivity index (χ2n) is 6.82. The Morgan fingerprint density at radius 2 is 1.92 bits per heavy atom. The fraction of sp³-hybridized carbons (Fsp3) is 0.588. The van der Waals surface area contributed by atoms with E-state index in [0.717, 1.165) is 30.0 Å². The van der Waals surface area contributed by atoms with Crippen molar-refractivity contribution in [2.45, 2.75) is 37.5 Å². The molecule has 6 nitrogen and oxygen atoms in total. The molecule has 0 atom stereocenters. The molecule has 0 aliphatic heterocycles. The van der Waals surface area contributed by atoms with E-state index in [-0.39, 0.29) is 22.8 Å². The zero-order valence-electron chi connectivity index (χ0n) is 14.5. The Bertz CT molecular complexity index is 707. The molecule has 2 N–H and O–H groups in total. The largest absolute Gasteiger partial charge is 0.396 e. The lowest BCUT2D eigenvalue weighted by molar-refractivity contribution is 0.0880. The van der Waals surface area contributed by atoms with Crippen molar-refractivity contribution < 1.29 is 18.3 Å². The summed E-state index contributed by atoms with van der Waals surface area (Å²) in [5.74, 6) is -0.315. The molecule has 1 saturated carbocycles. The van der Waals surface area contributed by atoms with Crippen LogP contribution in [0.1, 0.15) is 41.6 Å². The molecule has 0 bridgehead atoms. The molecule has 0 radical (unpaired) electrons. The van der Waals surface area contributed by atoms with Gasteiger partial charge in [0, 0.05) is 31.6 Å². The normalized spacial score (nSPS) is 17.2. The van der Waals surface area contributed by atoms with Crippen LogP contribution < -0.4 is 5.32 Å². The highest BCUT2D eigenvalue weighted by Gasteiger charge is 2.33. The summed E-state index contributed by atoms with van der Waals surface area (Å²) in [5, 5.41) is 12.5. The Morgan fingerprint density at radius 3 is 2.46 bits per heavy atom. The van der Waals surface area contributed by atoms with Crippen molar-refractivity contribution >= 4 is 15.9 Å². The Hall–Kier alpha value is -1.44. The smallest absolute Gasteiger partial charge is 0.251 e. The molecule has 1 aliphatic rings. The third-order valence-electron chi connectivity index (χ3n) is 4.83. The summed E-state index contributed by atoms with van der Waals surface area (Å²) in [7, 11) is -0.668. The van der Waals surface area contributed by atoms with Gasteiger partial charge in [-0.1, -0.05) is 18.9 Å². The topological polar surface area (TPSA) is 86.7 Å². The molecule has 2 rings (SSSR count). The van der Waals surface area contributed by atoms with Crippen LogP contribution in [0.4, 0.5) is 0 Å². The number of sulfonamides is 1. The van der Waals surface area contributed by atoms with Crippen molar-refractivity contribution in [1.29, 1.82) is 0 Å². The number of hydrogen-bond donors (Lipinski definition) is 2. The number of rotatable bonds is 6. The minimum atomic E-state index is -3.60. The Labute approximate surface area is 143 Å². The number of aliphatic hydroxyl groups excluding tert-OH is 1. The van der Waals surface area contributed by atoms with E-state index in [1.807, 2.05) is 0 Å². The van der Waals surface area contributed by atoms with Gasteiger partial charge in [0.1, 0.15) is 0 Å². The number of hydrogen-bond acceptors (Lipinski definition) is 4. The van der Waals surface area contributed by atoms with E-state index >= 15 is 0 Å². The van der Waals surface area contributed by atoms with E-state index in [0.29, 0.717) is 17.7 Å². The summed E-state index contributed by atoms with van der Waals surface area (Å²) in [5.41, 5.74) is 0.675. The lowest BCUT2D eigenvalue weighted by Gasteiger charge is -2.26. The molecular weight excluding hydrogens is 328 g/mol. The average Bonchev–Trinajstić information content (AvgIpc) is 3.02. The Morgan fingerprint density at radius 1 is 1.29 bits per heavy atom. The van der Waals surface area contributed by atoms with Crippen molar-refractivity contribution in [2.75, 3.05) is 27.2 Å². The van der Waals surface area contributed by atoms with Gasteiger partial charge in [0.15, 0.2) is 0 Å². The fourth-order valence-electron chi connectivity index (χ4n) is 3.10. The van der Waals surface area contributed by atoms with Gasteiger partial charge < -0.3 is 10.4 Å². The first-order valence-corrected chi connectivity index (χ1v) is 9.58. The lowest BCUT2D eigenvalue weighted by atomic mass is 9.87. The first-order valence-electron chi connectivity index (χ1n) is 8.14. The average molecular weight is 354 g/mol. The van der Waals surface area contributed by atoms with E-state index in [2.05, 4.69) is 5.32 Å². The van der Waals surface area contributed by atoms with E-state index in [9.17, 15) is 18.3 Å². The van der Waals surface area contributed by atoms with Gasteiger partial charge in [-0.25, -0.2) is 12.7 Å². The van der Waals surface area contributed by atoms with Crippen LogP contribution in [0.25, 0.3) is 0 Å². The number of aryl methyl sites for hydroxylation is 1. The van der Waals surface area contributed by atoms with Crippen LogP contribution in [-0.2, 0) is 10.0 Å². The van der Waals surface area contributed by atoms with Crippen molar-refractivity contribution in [2.24, 2.45) is 5.41 Å². The molecule has 7 heteroatoms. The van der Waals surface area contributed by atoms with Crippen molar-refractivity contribution in [3.8, 4) is 0 Å². The molecule has 1 amide bonds. The van der Waals surface area contributed by atoms with Crippen LogP contribution >= 0.6 is 0 Å². The number of carbonyl (C=O) groups excluding carboxylic acids is 1. The number of carbonyl (C=O) groups is 1. The van der Waals surface area contributed by atoms with E-state index < -0.39 is 10.0 Å². The van der Waals surface area contributed by atoms with Gasteiger partial charge in [0.05, 0.1) is 11.5 Å². The van der Waals surface area contributed by atoms with Crippen LogP contribution in [0.15, 0.2) is 23.1 Å². The van der Waals surface area contributed by atoms with E-state index in [1.165, 1.54) is 20.2 Å². The Kier molecular flexibility index (Phi) is 5.67. The van der Waals surface area contributed by atoms with Gasteiger partial charge in [0.2, 0.25) is 10.0 Å². The summed E-state index contributed by atoms with van der Waals surface area (Å²) in [4.78, 5) is 12.6. The number of nitrogens with zero attached hydrogens (tertiary/aromatic N) is 1. The maximum Gasteiger partial charge on any atom is 0.251 e. The summed E-state index contributed by atoms with van der Waals surface area (Å²) in [6.07, 6.45) is 3.92. The molecule has 1 fully saturated rings. The summed E-state index contributed by atoms with van der Waals surface area (Å²) >= 11 is 0. The van der Waals surface area contributed by atoms with Gasteiger partial charge in [-0.05, 0) is 37.5 Å². The first-order chi connectivity index (χ1) is 11.2. The molecular formula is C17H26N2O4S. The third-order valence-corrected chi connectivity index (χ3v) is 6.79. The second-order valence-corrected chi connectivity index (χ2v) is 8.94. The minimum Gasteiger partial charge on any atom is -0.396 e. The molecule has 0 aromatic heterocycles. The van der Waals surface area contributed by atoms with Crippen LogP contribution in [-0.4, -0.2) is 51.0 Å². The summed E-state index contributed by atoms with van der Waals surface area (Å²) in [6, 6.07) is 4.68. The van der Waals surface area contributed by atoms with Gasteiger partial charge >= 0.3 is 0 Å². The van der Waals surface area contributed by atoms with Gasteiger partial charge in [-0.15, -0.1) is 0 Å². The number of aliphatic hydroxyl groups is 1. The van der Waals surface area contributed by atoms with E-state index in [4.69, 9.17) is 0 Å². The van der Waals surface area contributed by atoms with Crippen molar-refractivity contribution in [3.05, 3.63) is 29.3 Å². The summed E-state index contributed by atoms with van der Waals surface area (Å²) < 4.78 is 25.8. The highest BCUT2D eigenvalue weighted by Crippen LogP contribution is 2.36. The Balaban J connectivity index is 2.19. The molecule has 0 heterocycles. The number of benzene rings is 1. The predicted molar refractivity (Wildman–Crippen MR) is 92.4 cm³/mol. The molecule has 1 aromatic carbocycles. The SMILES string of the molecule is Cc1ccc(C(=O)NCC2(CO)CCCC2)cc1S(=O)(=O)N(C)C. The molecule has 0 saturated heterocycles. The molecule has 0 spiro atoms. The highest BCUT2D eigenvalue weighted by molar-refractivity contribution is 7.89. The first kappa shape index (κ1) is 18.9. The zero-order chi connectivity index (χ0) is 18.0. The van der Waals surface area contributed by atoms with Crippen molar-refractivity contribution in [1.82, 2.24) is 9.62 Å². The highest BCUT2D eigenvalue weighted by atomic mass is 32.2. The zero-order valence-corrected chi connectivity index (χ0v) is 15.3. The maximum absolute atomic E-state index is 12.4. The minimum absolute atomic E-state index is 0.0570. The fourth-order valence-corrected chi connectivity index (χ4v) is 4.25. The van der Waals surface area contributed by atoms with Crippen LogP contribution in [0, 0.1) is 12.3 Å². The van der Waals surface area contributed by atoms with Crippen LogP contribution in [0.2, 0.25) is 0 Å². The van der Waals surface area contributed by atoms with Crippen LogP contribution in [0.3, 0.4) is 0 Å². The van der Waals surface area contributed by atoms with Crippen LogP contribution in [0.5, 0.6) is 0 Å². The summed E-state index contributed by atoms with van der Waals surface area (Å²) in [6.45, 7) is 2.17. The number of nitrogens with one attached hydrogen (secondary N) is 1. The van der Waals surface area contributed by atoms with E-state index in [1.54, 1.807) is 19.1 Å².